The summed E-state index contributed by atoms with van der Waals surface area (Å²) >= 11 is 0. The largest absolute Gasteiger partial charge is 0.440 e. The molecule has 3 heterocycles. The molecule has 0 bridgehead atoms. The maximum absolute atomic E-state index is 14.7. The van der Waals surface area contributed by atoms with Crippen LogP contribution in [0.1, 0.15) is 43.8 Å². The zero-order valence-corrected chi connectivity index (χ0v) is 20.9. The molecule has 196 valence electrons. The van der Waals surface area contributed by atoms with Gasteiger partial charge in [0.2, 0.25) is 5.89 Å². The average molecular weight is 514 g/mol. The van der Waals surface area contributed by atoms with Crippen LogP contribution in [0.15, 0.2) is 52.9 Å². The van der Waals surface area contributed by atoms with E-state index >= 15 is 0 Å². The SMILES string of the molecule is CC(C)(C)[C@H](c1nc(-c2cc(F)ccc2F)oc1Cc1ccccc1)N1C[C@@H]2C(NC[C@@H]2F)[C@H](O)C1=O. The molecule has 3 aromatic rings. The van der Waals surface area contributed by atoms with E-state index in [-0.39, 0.29) is 31.0 Å². The number of piperidine rings is 1. The van der Waals surface area contributed by atoms with E-state index in [9.17, 15) is 23.1 Å². The average Bonchev–Trinajstić information content (AvgIpc) is 3.42. The van der Waals surface area contributed by atoms with Gasteiger partial charge in [-0.1, -0.05) is 51.1 Å². The highest BCUT2D eigenvalue weighted by Crippen LogP contribution is 2.44. The first-order chi connectivity index (χ1) is 17.5. The second kappa shape index (κ2) is 9.61. The molecule has 2 saturated heterocycles. The number of nitrogens with one attached hydrogen (secondary N) is 1. The maximum atomic E-state index is 14.7. The molecule has 2 fully saturated rings. The van der Waals surface area contributed by atoms with E-state index in [1.54, 1.807) is 0 Å². The Balaban J connectivity index is 1.64. The second-order valence-electron chi connectivity index (χ2n) is 10.9. The van der Waals surface area contributed by atoms with Crippen LogP contribution in [-0.4, -0.2) is 52.3 Å². The summed E-state index contributed by atoms with van der Waals surface area (Å²) in [5.41, 5.74) is 0.505. The van der Waals surface area contributed by atoms with E-state index in [0.717, 1.165) is 23.8 Å². The summed E-state index contributed by atoms with van der Waals surface area (Å²) in [6, 6.07) is 11.1. The Labute approximate surface area is 213 Å². The molecule has 1 amide bonds. The van der Waals surface area contributed by atoms with E-state index in [4.69, 9.17) is 4.42 Å². The summed E-state index contributed by atoms with van der Waals surface area (Å²) in [6.07, 6.45) is -2.33. The Morgan fingerprint density at radius 1 is 1.19 bits per heavy atom. The number of nitrogens with zero attached hydrogens (tertiary/aromatic N) is 2. The number of alkyl halides is 1. The minimum absolute atomic E-state index is 0.0694. The molecule has 0 saturated carbocycles. The number of carbonyl (C=O) groups is 1. The predicted molar refractivity (Wildman–Crippen MR) is 131 cm³/mol. The van der Waals surface area contributed by atoms with Crippen molar-refractivity contribution < 1.29 is 27.5 Å². The molecule has 2 aliphatic rings. The van der Waals surface area contributed by atoms with Crippen molar-refractivity contribution in [2.45, 2.75) is 51.6 Å². The number of aliphatic hydroxyl groups excluding tert-OH is 1. The Bertz CT molecular complexity index is 1290. The maximum Gasteiger partial charge on any atom is 0.253 e. The molecular weight excluding hydrogens is 483 g/mol. The number of aliphatic hydroxyl groups is 1. The van der Waals surface area contributed by atoms with Crippen LogP contribution in [0.25, 0.3) is 11.5 Å². The highest BCUT2D eigenvalue weighted by Gasteiger charge is 2.52. The molecule has 0 radical (unpaired) electrons. The molecule has 9 heteroatoms. The Morgan fingerprint density at radius 3 is 2.62 bits per heavy atom. The minimum Gasteiger partial charge on any atom is -0.440 e. The van der Waals surface area contributed by atoms with Gasteiger partial charge >= 0.3 is 0 Å². The van der Waals surface area contributed by atoms with Crippen molar-refractivity contribution in [3.8, 4) is 11.5 Å². The number of likely N-dealkylation sites (tertiary alicyclic amines) is 1. The van der Waals surface area contributed by atoms with Crippen molar-refractivity contribution in [3.05, 3.63) is 77.2 Å². The Hall–Kier alpha value is -3.17. The van der Waals surface area contributed by atoms with E-state index in [2.05, 4.69) is 10.3 Å². The van der Waals surface area contributed by atoms with Gasteiger partial charge in [-0.05, 0) is 29.2 Å². The van der Waals surface area contributed by atoms with Crippen LogP contribution in [0.3, 0.4) is 0 Å². The van der Waals surface area contributed by atoms with Crippen LogP contribution in [-0.2, 0) is 11.2 Å². The van der Waals surface area contributed by atoms with Gasteiger partial charge in [0.25, 0.3) is 5.91 Å². The third kappa shape index (κ3) is 4.78. The highest BCUT2D eigenvalue weighted by molar-refractivity contribution is 5.83. The van der Waals surface area contributed by atoms with Gasteiger partial charge in [-0.15, -0.1) is 0 Å². The van der Waals surface area contributed by atoms with Crippen molar-refractivity contribution in [1.29, 1.82) is 0 Å². The van der Waals surface area contributed by atoms with E-state index in [1.807, 2.05) is 51.1 Å². The number of halogens is 3. The first-order valence-electron chi connectivity index (χ1n) is 12.4. The third-order valence-electron chi connectivity index (χ3n) is 7.24. The molecule has 2 aliphatic heterocycles. The monoisotopic (exact) mass is 513 g/mol. The molecule has 6 nitrogen and oxygen atoms in total. The van der Waals surface area contributed by atoms with Crippen LogP contribution in [0, 0.1) is 23.0 Å². The fraction of sp³-hybridized carbons (Fsp3) is 0.429. The number of oxazole rings is 1. The molecule has 0 spiro atoms. The Kier molecular flexibility index (Phi) is 6.62. The predicted octanol–water partition coefficient (Wildman–Crippen LogP) is 4.43. The first kappa shape index (κ1) is 25.5. The van der Waals surface area contributed by atoms with Crippen molar-refractivity contribution >= 4 is 5.91 Å². The normalized spacial score (nSPS) is 24.8. The first-order valence-corrected chi connectivity index (χ1v) is 12.4. The summed E-state index contributed by atoms with van der Waals surface area (Å²) in [5.74, 6) is -2.18. The van der Waals surface area contributed by atoms with Crippen LogP contribution in [0.5, 0.6) is 0 Å². The lowest BCUT2D eigenvalue weighted by Crippen LogP contribution is -2.60. The number of hydrogen-bond acceptors (Lipinski definition) is 5. The fourth-order valence-electron chi connectivity index (χ4n) is 5.51. The van der Waals surface area contributed by atoms with Crippen molar-refractivity contribution in [3.63, 3.8) is 0 Å². The molecule has 2 aromatic carbocycles. The van der Waals surface area contributed by atoms with Crippen molar-refractivity contribution in [2.75, 3.05) is 13.1 Å². The Morgan fingerprint density at radius 2 is 1.92 bits per heavy atom. The highest BCUT2D eigenvalue weighted by atomic mass is 19.1. The summed E-state index contributed by atoms with van der Waals surface area (Å²) in [4.78, 5) is 19.5. The summed E-state index contributed by atoms with van der Waals surface area (Å²) < 4.78 is 49.5. The number of amides is 1. The number of rotatable bonds is 5. The molecule has 2 N–H and O–H groups in total. The van der Waals surface area contributed by atoms with Crippen LogP contribution in [0.4, 0.5) is 13.2 Å². The smallest absolute Gasteiger partial charge is 0.253 e. The lowest BCUT2D eigenvalue weighted by Gasteiger charge is -2.46. The van der Waals surface area contributed by atoms with Crippen LogP contribution in [0.2, 0.25) is 0 Å². The molecule has 37 heavy (non-hydrogen) atoms. The summed E-state index contributed by atoms with van der Waals surface area (Å²) in [5, 5.41) is 13.7. The van der Waals surface area contributed by atoms with Crippen molar-refractivity contribution in [2.24, 2.45) is 11.3 Å². The zero-order chi connectivity index (χ0) is 26.5. The molecule has 1 unspecified atom stereocenters. The number of fused-ring (bicyclic) bond motifs is 1. The third-order valence-corrected chi connectivity index (χ3v) is 7.24. The van der Waals surface area contributed by atoms with Gasteiger partial charge in [-0.2, -0.15) is 0 Å². The molecular formula is C28H30F3N3O3. The van der Waals surface area contributed by atoms with Gasteiger partial charge in [0.1, 0.15) is 35.4 Å². The molecule has 1 aromatic heterocycles. The number of hydrogen-bond donors (Lipinski definition) is 2. The van der Waals surface area contributed by atoms with Crippen LogP contribution < -0.4 is 5.32 Å². The quantitative estimate of drug-likeness (QED) is 0.528. The van der Waals surface area contributed by atoms with Gasteiger partial charge < -0.3 is 19.7 Å². The second-order valence-corrected chi connectivity index (χ2v) is 10.9. The van der Waals surface area contributed by atoms with Gasteiger partial charge in [0.05, 0.1) is 11.6 Å². The fourth-order valence-corrected chi connectivity index (χ4v) is 5.51. The van der Waals surface area contributed by atoms with Gasteiger partial charge in [-0.25, -0.2) is 18.2 Å². The topological polar surface area (TPSA) is 78.6 Å². The van der Waals surface area contributed by atoms with Gasteiger partial charge in [0.15, 0.2) is 0 Å². The molecule has 5 rings (SSSR count). The molecule has 5 atom stereocenters. The zero-order valence-electron chi connectivity index (χ0n) is 20.9. The summed E-state index contributed by atoms with van der Waals surface area (Å²) in [6.45, 7) is 5.88. The van der Waals surface area contributed by atoms with Gasteiger partial charge in [-0.3, -0.25) is 4.79 Å². The van der Waals surface area contributed by atoms with Gasteiger partial charge in [0, 0.05) is 31.5 Å². The minimum atomic E-state index is -1.41. The number of aromatic nitrogens is 1. The van der Waals surface area contributed by atoms with E-state index in [1.165, 1.54) is 4.90 Å². The standard InChI is InChI=1S/C28H30F3N3O3/c1-28(2,3)25(34-14-18-20(31)13-32-22(18)24(35)27(34)36)23-21(11-15-7-5-4-6-8-15)37-26(33-23)17-12-16(29)9-10-19(17)30/h4-10,12,18,20,22,24-25,32,35H,11,13-14H2,1-3H3/t18-,20-,22?,24-,25-/m0/s1. The lowest BCUT2D eigenvalue weighted by molar-refractivity contribution is -0.155. The van der Waals surface area contributed by atoms with E-state index < -0.39 is 53.2 Å². The lowest BCUT2D eigenvalue weighted by atomic mass is 9.79. The van der Waals surface area contributed by atoms with Crippen molar-refractivity contribution in [1.82, 2.24) is 15.2 Å². The van der Waals surface area contributed by atoms with Crippen LogP contribution >= 0.6 is 0 Å². The number of benzene rings is 2. The summed E-state index contributed by atoms with van der Waals surface area (Å²) in [7, 11) is 0. The van der Waals surface area contributed by atoms with E-state index in [0.29, 0.717) is 11.5 Å². The number of carbonyl (C=O) groups excluding carboxylic acids is 1. The molecule has 0 aliphatic carbocycles.